The molecule has 0 heterocycles. The van der Waals surface area contributed by atoms with Gasteiger partial charge in [0.05, 0.1) is 6.61 Å². The molecule has 4 unspecified atom stereocenters. The first-order chi connectivity index (χ1) is 7.35. The Morgan fingerprint density at radius 3 is 2.80 bits per heavy atom. The van der Waals surface area contributed by atoms with Gasteiger partial charge in [-0.15, -0.1) is 0 Å². The maximum atomic E-state index is 5.64. The third-order valence-corrected chi connectivity index (χ3v) is 4.17. The third-order valence-electron chi connectivity index (χ3n) is 4.17. The van der Waals surface area contributed by atoms with E-state index in [1.54, 1.807) is 0 Å². The minimum atomic E-state index is 0.381. The summed E-state index contributed by atoms with van der Waals surface area (Å²) in [5.74, 6) is 8.31. The fraction of sp³-hybridized carbons (Fsp3) is 1.00. The summed E-state index contributed by atoms with van der Waals surface area (Å²) in [7, 11) is 0. The van der Waals surface area contributed by atoms with Gasteiger partial charge in [-0.05, 0) is 43.4 Å². The number of rotatable bonds is 6. The highest BCUT2D eigenvalue weighted by molar-refractivity contribution is 4.94. The SMILES string of the molecule is CCCOCC(NN)C1CC2CCC1C2. The molecular formula is C12H24N2O. The Labute approximate surface area is 92.7 Å². The molecule has 2 aliphatic carbocycles. The van der Waals surface area contributed by atoms with Gasteiger partial charge in [-0.2, -0.15) is 0 Å². The van der Waals surface area contributed by atoms with Crippen molar-refractivity contribution in [1.82, 2.24) is 5.43 Å². The molecule has 0 saturated heterocycles. The number of hydrogen-bond donors (Lipinski definition) is 2. The van der Waals surface area contributed by atoms with E-state index in [1.165, 1.54) is 25.7 Å². The lowest BCUT2D eigenvalue weighted by atomic mass is 9.84. The van der Waals surface area contributed by atoms with Crippen molar-refractivity contribution in [2.45, 2.75) is 45.1 Å². The van der Waals surface area contributed by atoms with Crippen molar-refractivity contribution < 1.29 is 4.74 Å². The second-order valence-electron chi connectivity index (χ2n) is 5.19. The van der Waals surface area contributed by atoms with E-state index >= 15 is 0 Å². The molecule has 0 aliphatic heterocycles. The minimum absolute atomic E-state index is 0.381. The van der Waals surface area contributed by atoms with Gasteiger partial charge >= 0.3 is 0 Å². The number of ether oxygens (including phenoxy) is 1. The number of nitrogens with one attached hydrogen (secondary N) is 1. The van der Waals surface area contributed by atoms with Crippen LogP contribution in [0.1, 0.15) is 39.0 Å². The summed E-state index contributed by atoms with van der Waals surface area (Å²) in [6.07, 6.45) is 6.77. The van der Waals surface area contributed by atoms with Crippen molar-refractivity contribution in [1.29, 1.82) is 0 Å². The zero-order valence-electron chi connectivity index (χ0n) is 9.74. The van der Waals surface area contributed by atoms with Gasteiger partial charge < -0.3 is 4.74 Å². The topological polar surface area (TPSA) is 47.3 Å². The molecule has 88 valence electrons. The van der Waals surface area contributed by atoms with Crippen LogP contribution in [-0.4, -0.2) is 19.3 Å². The van der Waals surface area contributed by atoms with E-state index in [9.17, 15) is 0 Å². The van der Waals surface area contributed by atoms with Gasteiger partial charge in [0.1, 0.15) is 0 Å². The fourth-order valence-electron chi connectivity index (χ4n) is 3.44. The number of nitrogens with two attached hydrogens (primary N) is 1. The van der Waals surface area contributed by atoms with E-state index in [4.69, 9.17) is 10.6 Å². The average Bonchev–Trinajstić information content (AvgIpc) is 2.86. The van der Waals surface area contributed by atoms with Crippen LogP contribution in [0.15, 0.2) is 0 Å². The molecule has 3 heteroatoms. The van der Waals surface area contributed by atoms with Crippen LogP contribution in [0, 0.1) is 17.8 Å². The second kappa shape index (κ2) is 5.28. The van der Waals surface area contributed by atoms with Crippen molar-refractivity contribution in [3.63, 3.8) is 0 Å². The van der Waals surface area contributed by atoms with Crippen LogP contribution < -0.4 is 11.3 Å². The van der Waals surface area contributed by atoms with Gasteiger partial charge in [-0.1, -0.05) is 13.3 Å². The van der Waals surface area contributed by atoms with E-state index in [0.29, 0.717) is 6.04 Å². The van der Waals surface area contributed by atoms with E-state index in [1.807, 2.05) is 0 Å². The Hall–Kier alpha value is -0.120. The van der Waals surface area contributed by atoms with Crippen LogP contribution in [0.2, 0.25) is 0 Å². The summed E-state index contributed by atoms with van der Waals surface area (Å²) in [6, 6.07) is 0.381. The van der Waals surface area contributed by atoms with Gasteiger partial charge in [0.15, 0.2) is 0 Å². The zero-order chi connectivity index (χ0) is 10.7. The Morgan fingerprint density at radius 1 is 1.40 bits per heavy atom. The third kappa shape index (κ3) is 2.52. The Bertz CT molecular complexity index is 198. The first-order valence-electron chi connectivity index (χ1n) is 6.39. The Balaban J connectivity index is 1.79. The molecule has 0 aromatic rings. The van der Waals surface area contributed by atoms with Crippen molar-refractivity contribution in [3.8, 4) is 0 Å². The van der Waals surface area contributed by atoms with Crippen molar-refractivity contribution in [2.24, 2.45) is 23.6 Å². The zero-order valence-corrected chi connectivity index (χ0v) is 9.74. The average molecular weight is 212 g/mol. The molecule has 3 N–H and O–H groups in total. The van der Waals surface area contributed by atoms with Crippen molar-refractivity contribution in [2.75, 3.05) is 13.2 Å². The van der Waals surface area contributed by atoms with Crippen LogP contribution >= 0.6 is 0 Å². The number of hydrogen-bond acceptors (Lipinski definition) is 3. The maximum absolute atomic E-state index is 5.64. The van der Waals surface area contributed by atoms with Gasteiger partial charge in [0.2, 0.25) is 0 Å². The highest BCUT2D eigenvalue weighted by Crippen LogP contribution is 2.49. The lowest BCUT2D eigenvalue weighted by Crippen LogP contribution is -2.46. The smallest absolute Gasteiger partial charge is 0.0635 e. The van der Waals surface area contributed by atoms with E-state index in [0.717, 1.165) is 37.4 Å². The first kappa shape index (κ1) is 11.4. The Kier molecular flexibility index (Phi) is 4.00. The van der Waals surface area contributed by atoms with Crippen LogP contribution in [0.3, 0.4) is 0 Å². The molecule has 0 amide bonds. The maximum Gasteiger partial charge on any atom is 0.0635 e. The summed E-state index contributed by atoms with van der Waals surface area (Å²) < 4.78 is 5.61. The van der Waals surface area contributed by atoms with E-state index < -0.39 is 0 Å². The quantitative estimate of drug-likeness (QED) is 0.400. The Morgan fingerprint density at radius 2 is 2.27 bits per heavy atom. The van der Waals surface area contributed by atoms with Crippen LogP contribution in [-0.2, 0) is 4.74 Å². The van der Waals surface area contributed by atoms with Gasteiger partial charge in [-0.3, -0.25) is 11.3 Å². The molecule has 0 spiro atoms. The molecule has 4 atom stereocenters. The molecule has 0 aromatic carbocycles. The molecule has 2 aliphatic rings. The monoisotopic (exact) mass is 212 g/mol. The number of hydrazine groups is 1. The minimum Gasteiger partial charge on any atom is -0.380 e. The van der Waals surface area contributed by atoms with E-state index in [-0.39, 0.29) is 0 Å². The predicted molar refractivity (Wildman–Crippen MR) is 61.2 cm³/mol. The van der Waals surface area contributed by atoms with Crippen LogP contribution in [0.25, 0.3) is 0 Å². The number of fused-ring (bicyclic) bond motifs is 2. The van der Waals surface area contributed by atoms with Gasteiger partial charge in [0.25, 0.3) is 0 Å². The molecular weight excluding hydrogens is 188 g/mol. The standard InChI is InChI=1S/C12H24N2O/c1-2-5-15-8-12(14-13)11-7-9-3-4-10(11)6-9/h9-12,14H,2-8,13H2,1H3. The molecule has 0 radical (unpaired) electrons. The fourth-order valence-corrected chi connectivity index (χ4v) is 3.44. The van der Waals surface area contributed by atoms with E-state index in [2.05, 4.69) is 12.3 Å². The molecule has 15 heavy (non-hydrogen) atoms. The summed E-state index contributed by atoms with van der Waals surface area (Å²) in [4.78, 5) is 0. The molecule has 0 aromatic heterocycles. The highest BCUT2D eigenvalue weighted by Gasteiger charge is 2.42. The largest absolute Gasteiger partial charge is 0.380 e. The van der Waals surface area contributed by atoms with Crippen LogP contribution in [0.4, 0.5) is 0 Å². The molecule has 2 rings (SSSR count). The summed E-state index contributed by atoms with van der Waals surface area (Å²) in [5.41, 5.74) is 2.96. The second-order valence-corrected chi connectivity index (χ2v) is 5.19. The normalized spacial score (nSPS) is 36.0. The molecule has 2 saturated carbocycles. The van der Waals surface area contributed by atoms with Crippen molar-refractivity contribution in [3.05, 3.63) is 0 Å². The first-order valence-corrected chi connectivity index (χ1v) is 6.39. The highest BCUT2D eigenvalue weighted by atomic mass is 16.5. The van der Waals surface area contributed by atoms with Gasteiger partial charge in [-0.25, -0.2) is 0 Å². The molecule has 3 nitrogen and oxygen atoms in total. The van der Waals surface area contributed by atoms with Gasteiger partial charge in [0, 0.05) is 12.6 Å². The predicted octanol–water partition coefficient (Wildman–Crippen LogP) is 1.68. The van der Waals surface area contributed by atoms with Crippen molar-refractivity contribution >= 4 is 0 Å². The summed E-state index contributed by atoms with van der Waals surface area (Å²) in [5, 5.41) is 0. The summed E-state index contributed by atoms with van der Waals surface area (Å²) >= 11 is 0. The lowest BCUT2D eigenvalue weighted by Gasteiger charge is -2.29. The molecule has 2 bridgehead atoms. The van der Waals surface area contributed by atoms with Crippen LogP contribution in [0.5, 0.6) is 0 Å². The summed E-state index contributed by atoms with van der Waals surface area (Å²) in [6.45, 7) is 3.79. The lowest BCUT2D eigenvalue weighted by molar-refractivity contribution is 0.0806. The molecule has 2 fully saturated rings.